The molecular weight excluding hydrogens is 196 g/mol. The van der Waals surface area contributed by atoms with E-state index in [4.69, 9.17) is 5.41 Å². The van der Waals surface area contributed by atoms with Gasteiger partial charge < -0.3 is 15.7 Å². The van der Waals surface area contributed by atoms with Gasteiger partial charge in [-0.3, -0.25) is 9.78 Å². The Morgan fingerprint density at radius 3 is 2.60 bits per heavy atom. The summed E-state index contributed by atoms with van der Waals surface area (Å²) in [4.78, 5) is 27.0. The Hall–Kier alpha value is -1.85. The maximum absolute atomic E-state index is 11.4. The van der Waals surface area contributed by atoms with Crippen LogP contribution in [0, 0.1) is 5.41 Å². The van der Waals surface area contributed by atoms with Crippen LogP contribution in [0.4, 0.5) is 5.69 Å². The van der Waals surface area contributed by atoms with Gasteiger partial charge in [0.05, 0.1) is 11.4 Å². The lowest BCUT2D eigenvalue weighted by atomic mass is 10.1. The first-order chi connectivity index (χ1) is 7.10. The fourth-order valence-electron chi connectivity index (χ4n) is 1.33. The van der Waals surface area contributed by atoms with Crippen LogP contribution in [0.15, 0.2) is 9.59 Å². The summed E-state index contributed by atoms with van der Waals surface area (Å²) in [6, 6.07) is 0. The first-order valence-corrected chi connectivity index (χ1v) is 4.72. The summed E-state index contributed by atoms with van der Waals surface area (Å²) < 4.78 is 0. The largest absolute Gasteiger partial charge is 0.382 e. The minimum atomic E-state index is -0.588. The van der Waals surface area contributed by atoms with Gasteiger partial charge in [0.2, 0.25) is 0 Å². The maximum atomic E-state index is 11.4. The van der Waals surface area contributed by atoms with E-state index in [-0.39, 0.29) is 17.1 Å². The lowest BCUT2D eigenvalue weighted by Crippen LogP contribution is -2.28. The predicted molar refractivity (Wildman–Crippen MR) is 59.0 cm³/mol. The number of nitrogens with one attached hydrogen (secondary N) is 4. The minimum absolute atomic E-state index is 0.230. The van der Waals surface area contributed by atoms with Crippen molar-refractivity contribution in [2.45, 2.75) is 19.8 Å². The fraction of sp³-hybridized carbons (Fsp3) is 0.444. The SMILES string of the molecule is CCCC(=N)c1[nH]c(=O)[nH]c(=O)c1NC. The Labute approximate surface area is 86.3 Å². The molecule has 0 fully saturated rings. The second kappa shape index (κ2) is 4.59. The molecule has 0 spiro atoms. The molecule has 0 aromatic carbocycles. The number of aromatic nitrogens is 2. The molecular formula is C9H14N4O2. The van der Waals surface area contributed by atoms with Gasteiger partial charge in [0.1, 0.15) is 5.69 Å². The van der Waals surface area contributed by atoms with Gasteiger partial charge in [-0.1, -0.05) is 13.3 Å². The summed E-state index contributed by atoms with van der Waals surface area (Å²) in [6.45, 7) is 1.93. The third-order valence-electron chi connectivity index (χ3n) is 1.99. The quantitative estimate of drug-likeness (QED) is 0.536. The van der Waals surface area contributed by atoms with E-state index in [1.807, 2.05) is 6.92 Å². The zero-order valence-electron chi connectivity index (χ0n) is 8.73. The van der Waals surface area contributed by atoms with E-state index in [0.717, 1.165) is 6.42 Å². The highest BCUT2D eigenvalue weighted by molar-refractivity contribution is 6.00. The van der Waals surface area contributed by atoms with E-state index < -0.39 is 11.2 Å². The van der Waals surface area contributed by atoms with Gasteiger partial charge in [-0.2, -0.15) is 0 Å². The number of hydrogen-bond acceptors (Lipinski definition) is 4. The van der Waals surface area contributed by atoms with Crippen molar-refractivity contribution in [3.05, 3.63) is 26.5 Å². The standard InChI is InChI=1S/C9H14N4O2/c1-3-4-5(10)6-7(11-2)8(14)13-9(15)12-6/h10-11H,3-4H2,1-2H3,(H2,12,13,14,15). The molecule has 4 N–H and O–H groups in total. The second-order valence-corrected chi connectivity index (χ2v) is 3.14. The van der Waals surface area contributed by atoms with E-state index >= 15 is 0 Å². The van der Waals surface area contributed by atoms with Crippen molar-refractivity contribution >= 4 is 11.4 Å². The summed E-state index contributed by atoms with van der Waals surface area (Å²) in [5.74, 6) is 0. The molecule has 0 amide bonds. The van der Waals surface area contributed by atoms with E-state index in [1.165, 1.54) is 0 Å². The molecule has 1 aromatic rings. The van der Waals surface area contributed by atoms with Gasteiger partial charge in [0.25, 0.3) is 5.56 Å². The predicted octanol–water partition coefficient (Wildman–Crippen LogP) is 0.273. The maximum Gasteiger partial charge on any atom is 0.326 e. The van der Waals surface area contributed by atoms with Crippen LogP contribution in [0.5, 0.6) is 0 Å². The fourth-order valence-corrected chi connectivity index (χ4v) is 1.33. The van der Waals surface area contributed by atoms with Crippen molar-refractivity contribution in [3.63, 3.8) is 0 Å². The van der Waals surface area contributed by atoms with Gasteiger partial charge in [0.15, 0.2) is 0 Å². The lowest BCUT2D eigenvalue weighted by molar-refractivity contribution is 0.962. The van der Waals surface area contributed by atoms with Gasteiger partial charge in [-0.05, 0) is 6.42 Å². The number of rotatable bonds is 4. The molecule has 0 aliphatic heterocycles. The first-order valence-electron chi connectivity index (χ1n) is 4.72. The molecule has 15 heavy (non-hydrogen) atoms. The Bertz CT molecular complexity index is 472. The highest BCUT2D eigenvalue weighted by Gasteiger charge is 2.11. The van der Waals surface area contributed by atoms with Crippen LogP contribution >= 0.6 is 0 Å². The normalized spacial score (nSPS) is 10.0. The van der Waals surface area contributed by atoms with E-state index in [0.29, 0.717) is 6.42 Å². The van der Waals surface area contributed by atoms with Crippen molar-refractivity contribution in [2.75, 3.05) is 12.4 Å². The van der Waals surface area contributed by atoms with Crippen LogP contribution < -0.4 is 16.6 Å². The smallest absolute Gasteiger partial charge is 0.326 e. The van der Waals surface area contributed by atoms with E-state index in [9.17, 15) is 9.59 Å². The molecule has 0 bridgehead atoms. The molecule has 6 nitrogen and oxygen atoms in total. The molecule has 0 unspecified atom stereocenters. The third kappa shape index (κ3) is 2.34. The zero-order chi connectivity index (χ0) is 11.4. The van der Waals surface area contributed by atoms with Crippen molar-refractivity contribution in [2.24, 2.45) is 0 Å². The van der Waals surface area contributed by atoms with Gasteiger partial charge in [0, 0.05) is 7.05 Å². The van der Waals surface area contributed by atoms with Crippen molar-refractivity contribution in [3.8, 4) is 0 Å². The van der Waals surface area contributed by atoms with E-state index in [1.54, 1.807) is 7.05 Å². The average molecular weight is 210 g/mol. The van der Waals surface area contributed by atoms with Crippen LogP contribution in [0.1, 0.15) is 25.5 Å². The Morgan fingerprint density at radius 1 is 1.40 bits per heavy atom. The highest BCUT2D eigenvalue weighted by Crippen LogP contribution is 2.07. The number of hydrogen-bond donors (Lipinski definition) is 4. The summed E-state index contributed by atoms with van der Waals surface area (Å²) in [5.41, 5.74) is -0.335. The van der Waals surface area contributed by atoms with Crippen molar-refractivity contribution in [1.82, 2.24) is 9.97 Å². The molecule has 0 aliphatic rings. The molecule has 0 saturated carbocycles. The molecule has 1 rings (SSSR count). The minimum Gasteiger partial charge on any atom is -0.382 e. The number of anilines is 1. The highest BCUT2D eigenvalue weighted by atomic mass is 16.2. The van der Waals surface area contributed by atoms with Crippen molar-refractivity contribution in [1.29, 1.82) is 5.41 Å². The van der Waals surface area contributed by atoms with Crippen LogP contribution in [-0.2, 0) is 0 Å². The molecule has 0 atom stereocenters. The monoisotopic (exact) mass is 210 g/mol. The topological polar surface area (TPSA) is 102 Å². The lowest BCUT2D eigenvalue weighted by Gasteiger charge is -2.07. The molecule has 0 aliphatic carbocycles. The molecule has 0 saturated heterocycles. The second-order valence-electron chi connectivity index (χ2n) is 3.14. The van der Waals surface area contributed by atoms with Crippen molar-refractivity contribution < 1.29 is 0 Å². The first kappa shape index (κ1) is 11.2. The van der Waals surface area contributed by atoms with E-state index in [2.05, 4.69) is 15.3 Å². The van der Waals surface area contributed by atoms with Gasteiger partial charge in [-0.25, -0.2) is 4.79 Å². The summed E-state index contributed by atoms with van der Waals surface area (Å²) in [6.07, 6.45) is 1.31. The molecule has 1 heterocycles. The summed E-state index contributed by atoms with van der Waals surface area (Å²) in [5, 5.41) is 10.4. The number of aromatic amines is 2. The Kier molecular flexibility index (Phi) is 3.43. The van der Waals surface area contributed by atoms with Crippen LogP contribution in [0.3, 0.4) is 0 Å². The summed E-state index contributed by atoms with van der Waals surface area (Å²) >= 11 is 0. The molecule has 1 aromatic heterocycles. The van der Waals surface area contributed by atoms with Crippen LogP contribution in [0.2, 0.25) is 0 Å². The Balaban J connectivity index is 3.32. The molecule has 6 heteroatoms. The van der Waals surface area contributed by atoms with Gasteiger partial charge >= 0.3 is 5.69 Å². The van der Waals surface area contributed by atoms with Crippen LogP contribution in [0.25, 0.3) is 0 Å². The number of H-pyrrole nitrogens is 2. The van der Waals surface area contributed by atoms with Crippen LogP contribution in [-0.4, -0.2) is 22.7 Å². The third-order valence-corrected chi connectivity index (χ3v) is 1.99. The van der Waals surface area contributed by atoms with Gasteiger partial charge in [-0.15, -0.1) is 0 Å². The average Bonchev–Trinajstić information content (AvgIpc) is 2.17. The molecule has 82 valence electrons. The Morgan fingerprint density at radius 2 is 2.07 bits per heavy atom. The zero-order valence-corrected chi connectivity index (χ0v) is 8.73. The summed E-state index contributed by atoms with van der Waals surface area (Å²) in [7, 11) is 1.58. The molecule has 0 radical (unpaired) electrons.